The van der Waals surface area contributed by atoms with Crippen molar-refractivity contribution in [3.8, 4) is 11.5 Å². The molecule has 1 aliphatic heterocycles. The van der Waals surface area contributed by atoms with Crippen molar-refractivity contribution in [3.63, 3.8) is 0 Å². The van der Waals surface area contributed by atoms with Crippen molar-refractivity contribution in [2.45, 2.75) is 84.6 Å². The van der Waals surface area contributed by atoms with E-state index in [1.807, 2.05) is 32.0 Å². The molecule has 234 valence electrons. The summed E-state index contributed by atoms with van der Waals surface area (Å²) in [5.74, 6) is 0.222. The fourth-order valence-electron chi connectivity index (χ4n) is 4.95. The molecule has 5 unspecified atom stereocenters. The predicted molar refractivity (Wildman–Crippen MR) is 152 cm³/mol. The van der Waals surface area contributed by atoms with Crippen LogP contribution in [0.5, 0.6) is 11.5 Å². The van der Waals surface area contributed by atoms with Gasteiger partial charge in [0.1, 0.15) is 0 Å². The Bertz CT molecular complexity index is 996. The Morgan fingerprint density at radius 2 is 1.85 bits per heavy atom. The summed E-state index contributed by atoms with van der Waals surface area (Å²) < 4.78 is 15.7. The van der Waals surface area contributed by atoms with Crippen molar-refractivity contribution in [2.24, 2.45) is 28.9 Å². The van der Waals surface area contributed by atoms with Crippen LogP contribution in [0.15, 0.2) is 18.2 Å². The summed E-state index contributed by atoms with van der Waals surface area (Å²) in [4.78, 5) is 24.6. The maximum atomic E-state index is 13.0. The first-order valence-electron chi connectivity index (χ1n) is 14.2. The van der Waals surface area contributed by atoms with Gasteiger partial charge in [-0.3, -0.25) is 9.59 Å². The smallest absolute Gasteiger partial charge is 0.404 e. The van der Waals surface area contributed by atoms with Gasteiger partial charge in [0.2, 0.25) is 11.8 Å². The molecule has 41 heavy (non-hydrogen) atoms. The van der Waals surface area contributed by atoms with Crippen LogP contribution in [-0.2, 0) is 20.7 Å². The highest BCUT2D eigenvalue weighted by molar-refractivity contribution is 5.83. The van der Waals surface area contributed by atoms with Crippen molar-refractivity contribution in [1.82, 2.24) is 10.6 Å². The molecular formula is C29H49N3O9. The lowest BCUT2D eigenvalue weighted by Gasteiger charge is -2.28. The number of aliphatic hydroxyl groups is 4. The average Bonchev–Trinajstić information content (AvgIpc) is 3.24. The number of rotatable bonds is 17. The van der Waals surface area contributed by atoms with Crippen LogP contribution in [0, 0.1) is 23.2 Å². The van der Waals surface area contributed by atoms with E-state index in [0.29, 0.717) is 24.3 Å². The molecule has 0 saturated carbocycles. The van der Waals surface area contributed by atoms with Gasteiger partial charge in [0.25, 0.3) is 0 Å². The summed E-state index contributed by atoms with van der Waals surface area (Å²) in [6.07, 6.45) is -1.82. The van der Waals surface area contributed by atoms with Crippen molar-refractivity contribution in [1.29, 1.82) is 0 Å². The Morgan fingerprint density at radius 1 is 1.17 bits per heavy atom. The number of ether oxygens (including phenoxy) is 3. The number of hydrogen-bond acceptors (Lipinski definition) is 10. The average molecular weight is 584 g/mol. The van der Waals surface area contributed by atoms with E-state index >= 15 is 0 Å². The molecule has 0 radical (unpaired) electrons. The van der Waals surface area contributed by atoms with Gasteiger partial charge in [-0.25, -0.2) is 0 Å². The molecule has 12 heteroatoms. The molecule has 0 spiro atoms. The molecule has 0 aliphatic carbocycles. The fourth-order valence-corrected chi connectivity index (χ4v) is 4.95. The van der Waals surface area contributed by atoms with Crippen LogP contribution in [0.2, 0.25) is 0 Å². The van der Waals surface area contributed by atoms with Crippen LogP contribution in [0.4, 0.5) is 0 Å². The zero-order valence-electron chi connectivity index (χ0n) is 25.1. The summed E-state index contributed by atoms with van der Waals surface area (Å²) in [6, 6.07) is 5.66. The second-order valence-electron chi connectivity index (χ2n) is 12.0. The number of carbonyl (C=O) groups is 2. The second kappa shape index (κ2) is 15.1. The normalized spacial score (nSPS) is 21.0. The highest BCUT2D eigenvalue weighted by atomic mass is 16.9. The van der Waals surface area contributed by atoms with Crippen molar-refractivity contribution in [2.75, 3.05) is 26.9 Å². The Kier molecular flexibility index (Phi) is 12.8. The third kappa shape index (κ3) is 11.0. The maximum absolute atomic E-state index is 13.0. The number of nitrogens with one attached hydrogen (secondary N) is 2. The number of amides is 2. The summed E-state index contributed by atoms with van der Waals surface area (Å²) in [6.45, 7) is 9.56. The number of hydrogen-bond donors (Lipinski definition) is 7. The van der Waals surface area contributed by atoms with Crippen LogP contribution in [0.3, 0.4) is 0 Å². The Balaban J connectivity index is 1.97. The maximum Gasteiger partial charge on any atom is 0.404 e. The van der Waals surface area contributed by atoms with E-state index < -0.39 is 29.5 Å². The standard InChI is InChI=1S/C29H49N3O9/c1-17(2)21(26(34)31-16-28(4,5)27(30)35)15-23(33)22-14-20(18(3)32-22)12-19-8-9-24(39-6)25(13-19)40-10-7-11-41-29(36,37)38/h8-9,13,17-18,20-23,32-33,36-38H,7,10-12,14-16H2,1-6H3,(H2,30,35)(H,31,34). The lowest BCUT2D eigenvalue weighted by atomic mass is 9.85. The van der Waals surface area contributed by atoms with Crippen LogP contribution in [0.1, 0.15) is 59.4 Å². The molecule has 1 saturated heterocycles. The highest BCUT2D eigenvalue weighted by Crippen LogP contribution is 2.33. The zero-order chi connectivity index (χ0) is 31.0. The van der Waals surface area contributed by atoms with Crippen molar-refractivity contribution in [3.05, 3.63) is 23.8 Å². The zero-order valence-corrected chi connectivity index (χ0v) is 25.1. The molecule has 1 heterocycles. The minimum Gasteiger partial charge on any atom is -0.493 e. The number of benzene rings is 1. The minimum atomic E-state index is -3.17. The Hall–Kier alpha value is -2.48. The topological polar surface area (TPSA) is 193 Å². The molecule has 1 aliphatic rings. The molecule has 0 aromatic heterocycles. The van der Waals surface area contributed by atoms with Gasteiger partial charge in [-0.05, 0) is 69.6 Å². The van der Waals surface area contributed by atoms with Gasteiger partial charge in [0.05, 0.1) is 31.8 Å². The van der Waals surface area contributed by atoms with Gasteiger partial charge in [-0.1, -0.05) is 19.9 Å². The summed E-state index contributed by atoms with van der Waals surface area (Å²) in [7, 11) is 1.54. The molecule has 0 bridgehead atoms. The van der Waals surface area contributed by atoms with E-state index in [4.69, 9.17) is 30.5 Å². The number of carbonyl (C=O) groups excluding carboxylic acids is 2. The van der Waals surface area contributed by atoms with Crippen LogP contribution in [-0.4, -0.2) is 83.5 Å². The first kappa shape index (κ1) is 34.7. The molecule has 12 nitrogen and oxygen atoms in total. The molecule has 2 amide bonds. The predicted octanol–water partition coefficient (Wildman–Crippen LogP) is 0.629. The lowest BCUT2D eigenvalue weighted by Crippen LogP contribution is -2.46. The third-order valence-electron chi connectivity index (χ3n) is 7.78. The van der Waals surface area contributed by atoms with E-state index in [2.05, 4.69) is 22.3 Å². The van der Waals surface area contributed by atoms with Gasteiger partial charge in [-0.15, -0.1) is 0 Å². The largest absolute Gasteiger partial charge is 0.493 e. The highest BCUT2D eigenvalue weighted by Gasteiger charge is 2.37. The van der Waals surface area contributed by atoms with Crippen molar-refractivity contribution >= 4 is 11.8 Å². The number of primary amides is 1. The SMILES string of the molecule is COc1ccc(CC2CC(C(O)CC(C(=O)NCC(C)(C)C(N)=O)C(C)C)NC2C)cc1OCCCOC(O)(O)O. The van der Waals surface area contributed by atoms with Crippen LogP contribution >= 0.6 is 0 Å². The monoisotopic (exact) mass is 583 g/mol. The fraction of sp³-hybridized carbons (Fsp3) is 0.724. The quantitative estimate of drug-likeness (QED) is 0.101. The molecule has 2 rings (SSSR count). The van der Waals surface area contributed by atoms with E-state index in [1.54, 1.807) is 21.0 Å². The van der Waals surface area contributed by atoms with E-state index in [0.717, 1.165) is 18.4 Å². The first-order chi connectivity index (χ1) is 19.0. The molecule has 1 fully saturated rings. The molecule has 5 atom stereocenters. The van der Waals surface area contributed by atoms with Gasteiger partial charge in [0, 0.05) is 31.0 Å². The Labute approximate surface area is 242 Å². The van der Waals surface area contributed by atoms with E-state index in [9.17, 15) is 14.7 Å². The first-order valence-corrected chi connectivity index (χ1v) is 14.2. The van der Waals surface area contributed by atoms with Gasteiger partial charge >= 0.3 is 6.16 Å². The summed E-state index contributed by atoms with van der Waals surface area (Å²) in [5.41, 5.74) is 5.59. The summed E-state index contributed by atoms with van der Waals surface area (Å²) >= 11 is 0. The van der Waals surface area contributed by atoms with E-state index in [-0.39, 0.29) is 49.6 Å². The van der Waals surface area contributed by atoms with Crippen LogP contribution < -0.4 is 25.8 Å². The van der Waals surface area contributed by atoms with Gasteiger partial charge in [0.15, 0.2) is 11.5 Å². The molecular weight excluding hydrogens is 534 g/mol. The van der Waals surface area contributed by atoms with Gasteiger partial charge in [-0.2, -0.15) is 0 Å². The number of aliphatic hydroxyl groups excluding tert-OH is 1. The second-order valence-corrected chi connectivity index (χ2v) is 12.0. The van der Waals surface area contributed by atoms with Gasteiger partial charge < -0.3 is 51.0 Å². The van der Waals surface area contributed by atoms with E-state index in [1.165, 1.54) is 0 Å². The minimum absolute atomic E-state index is 0.00120. The lowest BCUT2D eigenvalue weighted by molar-refractivity contribution is -0.454. The molecule has 8 N–H and O–H groups in total. The number of nitrogens with two attached hydrogens (primary N) is 1. The molecule has 1 aromatic carbocycles. The Morgan fingerprint density at radius 3 is 2.44 bits per heavy atom. The van der Waals surface area contributed by atoms with Crippen molar-refractivity contribution < 1.29 is 44.2 Å². The molecule has 1 aromatic rings. The third-order valence-corrected chi connectivity index (χ3v) is 7.78. The number of methoxy groups -OCH3 is 1. The summed E-state index contributed by atoms with van der Waals surface area (Å²) in [5, 5.41) is 43.9. The van der Waals surface area contributed by atoms with Crippen LogP contribution in [0.25, 0.3) is 0 Å².